The molecular formula is C9H17NO2. The van der Waals surface area contributed by atoms with Gasteiger partial charge in [-0.15, -0.1) is 0 Å². The lowest BCUT2D eigenvalue weighted by atomic mass is 10.5. The molecule has 0 heterocycles. The number of hydrogen-bond acceptors (Lipinski definition) is 3. The van der Waals surface area contributed by atoms with Crippen molar-refractivity contribution in [3.05, 3.63) is 12.3 Å². The van der Waals surface area contributed by atoms with Crippen LogP contribution in [0.2, 0.25) is 0 Å². The van der Waals surface area contributed by atoms with E-state index in [1.165, 1.54) is 6.08 Å². The van der Waals surface area contributed by atoms with Crippen LogP contribution in [0, 0.1) is 0 Å². The van der Waals surface area contributed by atoms with E-state index in [4.69, 9.17) is 4.74 Å². The minimum atomic E-state index is -0.277. The van der Waals surface area contributed by atoms with Crippen LogP contribution in [-0.4, -0.2) is 19.1 Å². The molecule has 0 saturated heterocycles. The second-order valence-electron chi connectivity index (χ2n) is 2.45. The number of carbonyl (C=O) groups excluding carboxylic acids is 1. The SMILES string of the molecule is CCCNC=CC(=O)OCCC. The molecule has 0 aliphatic carbocycles. The number of hydrogen-bond donors (Lipinski definition) is 1. The highest BCUT2D eigenvalue weighted by atomic mass is 16.5. The lowest BCUT2D eigenvalue weighted by molar-refractivity contribution is -0.137. The maximum atomic E-state index is 10.8. The molecule has 0 unspecified atom stereocenters. The third-order valence-electron chi connectivity index (χ3n) is 1.18. The van der Waals surface area contributed by atoms with Gasteiger partial charge in [0.05, 0.1) is 6.61 Å². The molecule has 0 rings (SSSR count). The van der Waals surface area contributed by atoms with Gasteiger partial charge in [0.25, 0.3) is 0 Å². The van der Waals surface area contributed by atoms with Crippen LogP contribution >= 0.6 is 0 Å². The van der Waals surface area contributed by atoms with Crippen molar-refractivity contribution in [3.63, 3.8) is 0 Å². The summed E-state index contributed by atoms with van der Waals surface area (Å²) in [6, 6.07) is 0. The van der Waals surface area contributed by atoms with Crippen LogP contribution in [-0.2, 0) is 9.53 Å². The zero-order chi connectivity index (χ0) is 9.23. The maximum absolute atomic E-state index is 10.8. The Hall–Kier alpha value is -0.990. The summed E-state index contributed by atoms with van der Waals surface area (Å²) in [7, 11) is 0. The summed E-state index contributed by atoms with van der Waals surface area (Å²) >= 11 is 0. The average molecular weight is 171 g/mol. The van der Waals surface area contributed by atoms with Gasteiger partial charge < -0.3 is 10.1 Å². The van der Waals surface area contributed by atoms with Crippen molar-refractivity contribution in [1.82, 2.24) is 5.32 Å². The number of ether oxygens (including phenoxy) is 1. The molecule has 0 aliphatic rings. The van der Waals surface area contributed by atoms with Crippen molar-refractivity contribution in [1.29, 1.82) is 0 Å². The summed E-state index contributed by atoms with van der Waals surface area (Å²) in [5.41, 5.74) is 0. The molecule has 0 aromatic carbocycles. The van der Waals surface area contributed by atoms with Crippen molar-refractivity contribution in [3.8, 4) is 0 Å². The summed E-state index contributed by atoms with van der Waals surface area (Å²) in [4.78, 5) is 10.8. The Morgan fingerprint density at radius 2 is 2.17 bits per heavy atom. The predicted molar refractivity (Wildman–Crippen MR) is 48.7 cm³/mol. The Labute approximate surface area is 73.8 Å². The molecule has 0 saturated carbocycles. The summed E-state index contributed by atoms with van der Waals surface area (Å²) in [5, 5.41) is 2.96. The molecule has 0 aliphatic heterocycles. The average Bonchev–Trinajstić information content (AvgIpc) is 2.09. The van der Waals surface area contributed by atoms with Crippen molar-refractivity contribution < 1.29 is 9.53 Å². The van der Waals surface area contributed by atoms with Crippen molar-refractivity contribution >= 4 is 5.97 Å². The van der Waals surface area contributed by atoms with Gasteiger partial charge in [-0.2, -0.15) is 0 Å². The van der Waals surface area contributed by atoms with Crippen LogP contribution in [0.1, 0.15) is 26.7 Å². The largest absolute Gasteiger partial charge is 0.463 e. The van der Waals surface area contributed by atoms with E-state index in [-0.39, 0.29) is 5.97 Å². The molecule has 0 amide bonds. The number of rotatable bonds is 6. The third kappa shape index (κ3) is 7.12. The van der Waals surface area contributed by atoms with Gasteiger partial charge in [0.2, 0.25) is 0 Å². The van der Waals surface area contributed by atoms with E-state index >= 15 is 0 Å². The normalized spacial score (nSPS) is 10.2. The van der Waals surface area contributed by atoms with Crippen molar-refractivity contribution in [2.45, 2.75) is 26.7 Å². The van der Waals surface area contributed by atoms with Gasteiger partial charge >= 0.3 is 5.97 Å². The van der Waals surface area contributed by atoms with Crippen LogP contribution in [0.25, 0.3) is 0 Å². The molecule has 0 fully saturated rings. The molecule has 0 aromatic rings. The minimum Gasteiger partial charge on any atom is -0.463 e. The molecule has 1 N–H and O–H groups in total. The maximum Gasteiger partial charge on any atom is 0.332 e. The summed E-state index contributed by atoms with van der Waals surface area (Å²) in [6.45, 7) is 5.41. The zero-order valence-corrected chi connectivity index (χ0v) is 7.80. The fourth-order valence-electron chi connectivity index (χ4n) is 0.605. The molecule has 0 aromatic heterocycles. The molecule has 0 atom stereocenters. The van der Waals surface area contributed by atoms with Gasteiger partial charge in [-0.25, -0.2) is 4.79 Å². The summed E-state index contributed by atoms with van der Waals surface area (Å²) < 4.78 is 4.81. The quantitative estimate of drug-likeness (QED) is 0.373. The summed E-state index contributed by atoms with van der Waals surface area (Å²) in [6.07, 6.45) is 4.95. The fourth-order valence-corrected chi connectivity index (χ4v) is 0.605. The van der Waals surface area contributed by atoms with Crippen LogP contribution in [0.4, 0.5) is 0 Å². The topological polar surface area (TPSA) is 38.3 Å². The smallest absolute Gasteiger partial charge is 0.332 e. The second-order valence-corrected chi connectivity index (χ2v) is 2.45. The highest BCUT2D eigenvalue weighted by Gasteiger charge is 1.92. The molecule has 0 spiro atoms. The predicted octanol–water partition coefficient (Wildman–Crippen LogP) is 1.45. The first-order valence-electron chi connectivity index (χ1n) is 4.38. The van der Waals surface area contributed by atoms with Crippen LogP contribution < -0.4 is 5.32 Å². The Bertz CT molecular complexity index is 143. The van der Waals surface area contributed by atoms with Gasteiger partial charge in [-0.3, -0.25) is 0 Å². The van der Waals surface area contributed by atoms with Gasteiger partial charge in [0.1, 0.15) is 0 Å². The van der Waals surface area contributed by atoms with Gasteiger partial charge in [0, 0.05) is 18.8 Å². The third-order valence-corrected chi connectivity index (χ3v) is 1.18. The standard InChI is InChI=1S/C9H17NO2/c1-3-6-10-7-5-9(11)12-8-4-2/h5,7,10H,3-4,6,8H2,1-2H3. The zero-order valence-electron chi connectivity index (χ0n) is 7.80. The molecule has 3 heteroatoms. The van der Waals surface area contributed by atoms with Gasteiger partial charge in [0.15, 0.2) is 0 Å². The van der Waals surface area contributed by atoms with E-state index in [1.54, 1.807) is 6.20 Å². The molecule has 0 radical (unpaired) electrons. The Morgan fingerprint density at radius 1 is 1.42 bits per heavy atom. The van der Waals surface area contributed by atoms with Crippen molar-refractivity contribution in [2.75, 3.05) is 13.2 Å². The fraction of sp³-hybridized carbons (Fsp3) is 0.667. The second kappa shape index (κ2) is 8.11. The first-order valence-corrected chi connectivity index (χ1v) is 4.38. The molecule has 0 bridgehead atoms. The van der Waals surface area contributed by atoms with E-state index in [1.807, 2.05) is 6.92 Å². The Kier molecular flexibility index (Phi) is 7.44. The molecule has 3 nitrogen and oxygen atoms in total. The molecule has 70 valence electrons. The summed E-state index contributed by atoms with van der Waals surface area (Å²) in [5.74, 6) is -0.277. The minimum absolute atomic E-state index is 0.277. The highest BCUT2D eigenvalue weighted by molar-refractivity contribution is 5.81. The molecular weight excluding hydrogens is 154 g/mol. The van der Waals surface area contributed by atoms with Crippen molar-refractivity contribution in [2.24, 2.45) is 0 Å². The lowest BCUT2D eigenvalue weighted by Gasteiger charge is -1.98. The molecule has 12 heavy (non-hydrogen) atoms. The lowest BCUT2D eigenvalue weighted by Crippen LogP contribution is -2.08. The first-order chi connectivity index (χ1) is 5.81. The van der Waals surface area contributed by atoms with E-state index in [2.05, 4.69) is 12.2 Å². The van der Waals surface area contributed by atoms with Gasteiger partial charge in [-0.1, -0.05) is 13.8 Å². The van der Waals surface area contributed by atoms with E-state index in [0.717, 1.165) is 19.4 Å². The Morgan fingerprint density at radius 3 is 2.75 bits per heavy atom. The van der Waals surface area contributed by atoms with Crippen LogP contribution in [0.15, 0.2) is 12.3 Å². The van der Waals surface area contributed by atoms with Gasteiger partial charge in [-0.05, 0) is 12.8 Å². The highest BCUT2D eigenvalue weighted by Crippen LogP contribution is 1.83. The van der Waals surface area contributed by atoms with E-state index < -0.39 is 0 Å². The number of nitrogens with one attached hydrogen (secondary N) is 1. The number of carbonyl (C=O) groups is 1. The van der Waals surface area contributed by atoms with E-state index in [9.17, 15) is 4.79 Å². The van der Waals surface area contributed by atoms with E-state index in [0.29, 0.717) is 6.61 Å². The number of esters is 1. The Balaban J connectivity index is 3.34. The monoisotopic (exact) mass is 171 g/mol. The first kappa shape index (κ1) is 11.0. The van der Waals surface area contributed by atoms with Crippen LogP contribution in [0.5, 0.6) is 0 Å². The van der Waals surface area contributed by atoms with Crippen LogP contribution in [0.3, 0.4) is 0 Å².